The molecule has 5 heterocycles. The van der Waals surface area contributed by atoms with Gasteiger partial charge in [-0.15, -0.1) is 0 Å². The zero-order chi connectivity index (χ0) is 14.2. The minimum absolute atomic E-state index is 0.512. The first-order valence-corrected chi connectivity index (χ1v) is 7.54. The summed E-state index contributed by atoms with van der Waals surface area (Å²) in [4.78, 5) is 17.2. The summed E-state index contributed by atoms with van der Waals surface area (Å²) in [5.41, 5.74) is 1.32. The van der Waals surface area contributed by atoms with Crippen molar-refractivity contribution in [3.8, 4) is 0 Å². The first-order chi connectivity index (χ1) is 10.3. The molecule has 5 nitrogen and oxygen atoms in total. The van der Waals surface area contributed by atoms with Crippen molar-refractivity contribution in [2.24, 2.45) is 0 Å². The van der Waals surface area contributed by atoms with Crippen LogP contribution >= 0.6 is 11.6 Å². The van der Waals surface area contributed by atoms with E-state index in [0.717, 1.165) is 25.5 Å². The smallest absolute Gasteiger partial charge is 0.151 e. The Bertz CT molecular complexity index is 623. The number of pyridine rings is 1. The Balaban J connectivity index is 1.46. The summed E-state index contributed by atoms with van der Waals surface area (Å²) in [7, 11) is 0. The molecule has 3 fully saturated rings. The highest BCUT2D eigenvalue weighted by Crippen LogP contribution is 2.38. The van der Waals surface area contributed by atoms with E-state index in [9.17, 15) is 0 Å². The Morgan fingerprint density at radius 2 is 1.90 bits per heavy atom. The van der Waals surface area contributed by atoms with Gasteiger partial charge in [-0.25, -0.2) is 9.97 Å². The topological polar surface area (TPSA) is 45.2 Å². The molecule has 0 saturated carbocycles. The van der Waals surface area contributed by atoms with E-state index in [4.69, 9.17) is 11.6 Å². The van der Waals surface area contributed by atoms with Gasteiger partial charge in [0.25, 0.3) is 0 Å². The molecule has 0 aromatic carbocycles. The van der Waals surface area contributed by atoms with Crippen molar-refractivity contribution < 1.29 is 0 Å². The van der Waals surface area contributed by atoms with E-state index in [0.29, 0.717) is 17.1 Å². The van der Waals surface area contributed by atoms with Crippen molar-refractivity contribution in [1.29, 1.82) is 0 Å². The van der Waals surface area contributed by atoms with Gasteiger partial charge in [-0.2, -0.15) is 0 Å². The second-order valence-corrected chi connectivity index (χ2v) is 6.10. The van der Waals surface area contributed by atoms with Crippen molar-refractivity contribution in [1.82, 2.24) is 19.9 Å². The molecule has 5 rings (SSSR count). The third-order valence-electron chi connectivity index (χ3n) is 4.32. The van der Waals surface area contributed by atoms with Gasteiger partial charge in [0, 0.05) is 44.1 Å². The highest BCUT2D eigenvalue weighted by atomic mass is 35.5. The summed E-state index contributed by atoms with van der Waals surface area (Å²) in [6.45, 7) is 3.10. The fourth-order valence-electron chi connectivity index (χ4n) is 3.41. The molecule has 0 aliphatic carbocycles. The fraction of sp³-hybridized carbons (Fsp3) is 0.400. The van der Waals surface area contributed by atoms with E-state index in [-0.39, 0.29) is 0 Å². The Hall–Kier alpha value is -1.72. The van der Waals surface area contributed by atoms with Gasteiger partial charge in [-0.3, -0.25) is 9.88 Å². The number of halogens is 1. The number of aromatic nitrogens is 3. The van der Waals surface area contributed by atoms with E-state index < -0.39 is 0 Å². The monoisotopic (exact) mass is 301 g/mol. The third-order valence-corrected chi connectivity index (χ3v) is 4.58. The molecule has 6 heteroatoms. The second kappa shape index (κ2) is 5.24. The minimum atomic E-state index is 0.512. The molecule has 0 amide bonds. The van der Waals surface area contributed by atoms with Crippen molar-refractivity contribution in [3.63, 3.8) is 0 Å². The van der Waals surface area contributed by atoms with Crippen LogP contribution in [-0.2, 0) is 6.54 Å². The molecule has 0 radical (unpaired) electrons. The highest BCUT2D eigenvalue weighted by molar-refractivity contribution is 6.32. The molecule has 2 bridgehead atoms. The van der Waals surface area contributed by atoms with E-state index in [1.165, 1.54) is 12.0 Å². The van der Waals surface area contributed by atoms with Crippen LogP contribution in [0.5, 0.6) is 0 Å². The van der Waals surface area contributed by atoms with Gasteiger partial charge in [0.05, 0.1) is 6.20 Å². The molecule has 21 heavy (non-hydrogen) atoms. The van der Waals surface area contributed by atoms with Crippen LogP contribution in [0.1, 0.15) is 12.0 Å². The van der Waals surface area contributed by atoms with Crippen LogP contribution in [0.3, 0.4) is 0 Å². The minimum Gasteiger partial charge on any atom is -0.347 e. The number of hydrogen-bond acceptors (Lipinski definition) is 5. The summed E-state index contributed by atoms with van der Waals surface area (Å²) in [6.07, 6.45) is 8.18. The van der Waals surface area contributed by atoms with Gasteiger partial charge in [-0.1, -0.05) is 11.6 Å². The molecule has 0 spiro atoms. The average Bonchev–Trinajstić information content (AvgIpc) is 2.50. The van der Waals surface area contributed by atoms with Gasteiger partial charge >= 0.3 is 0 Å². The maximum Gasteiger partial charge on any atom is 0.151 e. The predicted molar refractivity (Wildman–Crippen MR) is 81.2 cm³/mol. The maximum atomic E-state index is 6.22. The van der Waals surface area contributed by atoms with Gasteiger partial charge in [0.2, 0.25) is 0 Å². The Labute approximate surface area is 128 Å². The van der Waals surface area contributed by atoms with Crippen LogP contribution < -0.4 is 4.90 Å². The fourth-order valence-corrected chi connectivity index (χ4v) is 3.62. The summed E-state index contributed by atoms with van der Waals surface area (Å²) < 4.78 is 0. The van der Waals surface area contributed by atoms with Crippen molar-refractivity contribution >= 4 is 17.4 Å². The molecule has 2 atom stereocenters. The summed E-state index contributed by atoms with van der Waals surface area (Å²) >= 11 is 6.22. The lowest BCUT2D eigenvalue weighted by atomic mass is 9.87. The number of rotatable bonds is 3. The Morgan fingerprint density at radius 3 is 2.62 bits per heavy atom. The van der Waals surface area contributed by atoms with Crippen molar-refractivity contribution in [2.75, 3.05) is 18.0 Å². The van der Waals surface area contributed by atoms with Crippen LogP contribution in [0.15, 0.2) is 37.1 Å². The second-order valence-electron chi connectivity index (χ2n) is 5.69. The van der Waals surface area contributed by atoms with E-state index in [2.05, 4.69) is 36.9 Å². The zero-order valence-corrected chi connectivity index (χ0v) is 12.3. The first kappa shape index (κ1) is 13.0. The average molecular weight is 302 g/mol. The first-order valence-electron chi connectivity index (χ1n) is 7.16. The lowest BCUT2D eigenvalue weighted by molar-refractivity contribution is 0.108. The molecule has 2 aromatic heterocycles. The molecule has 0 N–H and O–H groups in total. The lowest BCUT2D eigenvalue weighted by Gasteiger charge is -2.57. The van der Waals surface area contributed by atoms with E-state index in [1.54, 1.807) is 12.5 Å². The third kappa shape index (κ3) is 2.36. The highest BCUT2D eigenvalue weighted by Gasteiger charge is 2.45. The van der Waals surface area contributed by atoms with Crippen LogP contribution in [0.4, 0.5) is 5.82 Å². The quantitative estimate of drug-likeness (QED) is 0.867. The van der Waals surface area contributed by atoms with Gasteiger partial charge < -0.3 is 4.90 Å². The van der Waals surface area contributed by atoms with E-state index in [1.807, 2.05) is 12.4 Å². The SMILES string of the molecule is Clc1cncnc1N1C2CC1CN(Cc1ccncc1)C2. The summed E-state index contributed by atoms with van der Waals surface area (Å²) in [6, 6.07) is 5.19. The molecule has 3 aliphatic heterocycles. The van der Waals surface area contributed by atoms with Gasteiger partial charge in [-0.05, 0) is 24.1 Å². The number of piperidine rings is 1. The molecule has 2 unspecified atom stereocenters. The van der Waals surface area contributed by atoms with Crippen LogP contribution in [-0.4, -0.2) is 45.0 Å². The number of piperazine rings is 1. The number of fused-ring (bicyclic) bond motifs is 2. The van der Waals surface area contributed by atoms with Gasteiger partial charge in [0.1, 0.15) is 11.3 Å². The molecular weight excluding hydrogens is 286 g/mol. The number of anilines is 1. The molecule has 108 valence electrons. The standard InChI is InChI=1S/C15H16ClN5/c16-14-6-18-10-19-15(14)21-12-5-13(21)9-20(8-12)7-11-1-3-17-4-2-11/h1-4,6,10,12-13H,5,7-9H2. The largest absolute Gasteiger partial charge is 0.347 e. The maximum absolute atomic E-state index is 6.22. The molecule has 2 aromatic rings. The number of nitrogens with zero attached hydrogens (tertiary/aromatic N) is 5. The van der Waals surface area contributed by atoms with Crippen LogP contribution in [0.25, 0.3) is 0 Å². The van der Waals surface area contributed by atoms with E-state index >= 15 is 0 Å². The van der Waals surface area contributed by atoms with Gasteiger partial charge in [0.15, 0.2) is 5.82 Å². The predicted octanol–water partition coefficient (Wildman–Crippen LogP) is 1.99. The Kier molecular flexibility index (Phi) is 3.24. The zero-order valence-electron chi connectivity index (χ0n) is 11.6. The molecular formula is C15H16ClN5. The normalized spacial score (nSPS) is 24.7. The summed E-state index contributed by atoms with van der Waals surface area (Å²) in [5.74, 6) is 0.886. The Morgan fingerprint density at radius 1 is 1.14 bits per heavy atom. The van der Waals surface area contributed by atoms with Crippen LogP contribution in [0.2, 0.25) is 5.02 Å². The summed E-state index contributed by atoms with van der Waals surface area (Å²) in [5, 5.41) is 0.648. The molecule has 3 saturated heterocycles. The number of hydrogen-bond donors (Lipinski definition) is 0. The van der Waals surface area contributed by atoms with Crippen molar-refractivity contribution in [3.05, 3.63) is 47.6 Å². The molecule has 3 aliphatic rings. The lowest BCUT2D eigenvalue weighted by Crippen LogP contribution is -2.69. The van der Waals surface area contributed by atoms with Crippen LogP contribution in [0, 0.1) is 0 Å². The van der Waals surface area contributed by atoms with Crippen molar-refractivity contribution in [2.45, 2.75) is 25.0 Å².